The number of rotatable bonds is 7. The Kier molecular flexibility index (Phi) is 6.79. The minimum absolute atomic E-state index is 0.107. The van der Waals surface area contributed by atoms with Crippen LogP contribution in [0, 0.1) is 8.99 Å². The van der Waals surface area contributed by atoms with Crippen molar-refractivity contribution in [3.05, 3.63) is 27.3 Å². The Bertz CT molecular complexity index is 458. The van der Waals surface area contributed by atoms with Gasteiger partial charge in [0, 0.05) is 12.1 Å². The number of aromatic hydroxyl groups is 1. The molecular weight excluding hydrogens is 365 g/mol. The number of benzene rings is 1. The van der Waals surface area contributed by atoms with Gasteiger partial charge in [-0.1, -0.05) is 40.0 Å². The summed E-state index contributed by atoms with van der Waals surface area (Å²) in [5.41, 5.74) is 0.614. The fraction of sp³-hybridized carbons (Fsp3) is 0.562. The third-order valence-electron chi connectivity index (χ3n) is 3.39. The van der Waals surface area contributed by atoms with Gasteiger partial charge in [0.2, 0.25) is 0 Å². The van der Waals surface area contributed by atoms with Crippen LogP contribution in [0.5, 0.6) is 5.75 Å². The molecule has 112 valence electrons. The normalized spacial score (nSPS) is 11.4. The lowest BCUT2D eigenvalue weighted by atomic mass is 9.87. The minimum atomic E-state index is -0.125. The quantitative estimate of drug-likeness (QED) is 0.539. The van der Waals surface area contributed by atoms with E-state index in [0.29, 0.717) is 12.1 Å². The summed E-state index contributed by atoms with van der Waals surface area (Å²) in [7, 11) is 0. The van der Waals surface area contributed by atoms with Crippen LogP contribution in [0.3, 0.4) is 0 Å². The molecule has 0 saturated heterocycles. The average molecular weight is 389 g/mol. The molecule has 1 rings (SSSR count). The molecular formula is C16H24INO2. The molecule has 4 heteroatoms. The van der Waals surface area contributed by atoms with E-state index in [2.05, 4.69) is 26.1 Å². The number of hydrogen-bond acceptors (Lipinski definition) is 2. The predicted octanol–water partition coefficient (Wildman–Crippen LogP) is 4.33. The van der Waals surface area contributed by atoms with Gasteiger partial charge in [-0.2, -0.15) is 0 Å². The van der Waals surface area contributed by atoms with E-state index in [9.17, 15) is 9.90 Å². The van der Waals surface area contributed by atoms with E-state index in [4.69, 9.17) is 0 Å². The number of unbranched alkanes of at least 4 members (excludes halogenated alkanes) is 2. The molecule has 2 N–H and O–H groups in total. The van der Waals surface area contributed by atoms with Gasteiger partial charge in [-0.15, -0.1) is 0 Å². The molecule has 0 aliphatic heterocycles. The molecule has 0 bridgehead atoms. The molecule has 0 spiro atoms. The van der Waals surface area contributed by atoms with Crippen molar-refractivity contribution in [2.75, 3.05) is 6.54 Å². The molecule has 1 amide bonds. The molecule has 0 aliphatic rings. The Labute approximate surface area is 135 Å². The lowest BCUT2D eigenvalue weighted by molar-refractivity contribution is 0.0933. The zero-order valence-corrected chi connectivity index (χ0v) is 14.7. The molecule has 1 aromatic carbocycles. The van der Waals surface area contributed by atoms with Crippen molar-refractivity contribution in [1.29, 1.82) is 0 Å². The fourth-order valence-electron chi connectivity index (χ4n) is 2.02. The second-order valence-corrected chi connectivity index (χ2v) is 7.13. The first-order valence-corrected chi connectivity index (χ1v) is 8.20. The maximum atomic E-state index is 12.1. The van der Waals surface area contributed by atoms with Crippen molar-refractivity contribution in [3.63, 3.8) is 0 Å². The highest BCUT2D eigenvalue weighted by molar-refractivity contribution is 14.1. The standard InChI is InChI=1S/C16H24INO2/c1-4-5-6-9-16(2,3)11-18-15(20)12-7-8-13(17)14(19)10-12/h7-8,10,19H,4-6,9,11H2,1-3H3,(H,18,20). The monoisotopic (exact) mass is 389 g/mol. The van der Waals surface area contributed by atoms with E-state index in [0.717, 1.165) is 9.99 Å². The highest BCUT2D eigenvalue weighted by atomic mass is 127. The topological polar surface area (TPSA) is 49.3 Å². The summed E-state index contributed by atoms with van der Waals surface area (Å²) >= 11 is 2.04. The van der Waals surface area contributed by atoms with Crippen LogP contribution in [-0.2, 0) is 0 Å². The van der Waals surface area contributed by atoms with Crippen LogP contribution in [0.25, 0.3) is 0 Å². The van der Waals surface area contributed by atoms with Gasteiger partial charge in [0.15, 0.2) is 0 Å². The van der Waals surface area contributed by atoms with Crippen molar-refractivity contribution >= 4 is 28.5 Å². The summed E-state index contributed by atoms with van der Waals surface area (Å²) in [6.45, 7) is 7.20. The van der Waals surface area contributed by atoms with Gasteiger partial charge < -0.3 is 10.4 Å². The summed E-state index contributed by atoms with van der Waals surface area (Å²) in [6, 6.07) is 5.00. The summed E-state index contributed by atoms with van der Waals surface area (Å²) in [4.78, 5) is 12.1. The van der Waals surface area contributed by atoms with E-state index in [1.807, 2.05) is 22.6 Å². The van der Waals surface area contributed by atoms with Crippen LogP contribution < -0.4 is 5.32 Å². The average Bonchev–Trinajstić information content (AvgIpc) is 2.39. The van der Waals surface area contributed by atoms with E-state index in [-0.39, 0.29) is 17.1 Å². The SMILES string of the molecule is CCCCCC(C)(C)CNC(=O)c1ccc(I)c(O)c1. The maximum Gasteiger partial charge on any atom is 0.251 e. The highest BCUT2D eigenvalue weighted by Gasteiger charge is 2.19. The zero-order valence-electron chi connectivity index (χ0n) is 12.5. The molecule has 0 unspecified atom stereocenters. The van der Waals surface area contributed by atoms with Crippen LogP contribution in [0.2, 0.25) is 0 Å². The molecule has 0 heterocycles. The number of carbonyl (C=O) groups is 1. The number of phenols is 1. The predicted molar refractivity (Wildman–Crippen MR) is 91.1 cm³/mol. The molecule has 0 radical (unpaired) electrons. The first-order chi connectivity index (χ1) is 9.35. The first kappa shape index (κ1) is 17.3. The molecule has 1 aromatic rings. The Morgan fingerprint density at radius 1 is 1.35 bits per heavy atom. The smallest absolute Gasteiger partial charge is 0.251 e. The largest absolute Gasteiger partial charge is 0.507 e. The minimum Gasteiger partial charge on any atom is -0.507 e. The lowest BCUT2D eigenvalue weighted by Gasteiger charge is -2.25. The van der Waals surface area contributed by atoms with Gasteiger partial charge >= 0.3 is 0 Å². The van der Waals surface area contributed by atoms with Crippen molar-refractivity contribution in [3.8, 4) is 5.75 Å². The van der Waals surface area contributed by atoms with Gasteiger partial charge in [-0.25, -0.2) is 0 Å². The molecule has 0 saturated carbocycles. The van der Waals surface area contributed by atoms with E-state index < -0.39 is 0 Å². The Morgan fingerprint density at radius 3 is 2.65 bits per heavy atom. The molecule has 0 aliphatic carbocycles. The van der Waals surface area contributed by atoms with Crippen LogP contribution in [0.4, 0.5) is 0 Å². The number of hydrogen-bond donors (Lipinski definition) is 2. The summed E-state index contributed by atoms with van der Waals surface area (Å²) < 4.78 is 0.749. The molecule has 20 heavy (non-hydrogen) atoms. The second kappa shape index (κ2) is 7.86. The number of halogens is 1. The van der Waals surface area contributed by atoms with Crippen LogP contribution in [0.15, 0.2) is 18.2 Å². The van der Waals surface area contributed by atoms with E-state index in [1.54, 1.807) is 12.1 Å². The molecule has 3 nitrogen and oxygen atoms in total. The van der Waals surface area contributed by atoms with Gasteiger partial charge in [0.1, 0.15) is 5.75 Å². The van der Waals surface area contributed by atoms with E-state index in [1.165, 1.54) is 25.3 Å². The van der Waals surface area contributed by atoms with Crippen LogP contribution in [-0.4, -0.2) is 17.6 Å². The number of nitrogens with one attached hydrogen (secondary N) is 1. The van der Waals surface area contributed by atoms with Crippen molar-refractivity contribution < 1.29 is 9.90 Å². The zero-order chi connectivity index (χ0) is 15.2. The van der Waals surface area contributed by atoms with Gasteiger partial charge in [-0.05, 0) is 52.6 Å². The molecule has 0 fully saturated rings. The van der Waals surface area contributed by atoms with E-state index >= 15 is 0 Å². The Balaban J connectivity index is 2.51. The summed E-state index contributed by atoms with van der Waals surface area (Å²) in [5.74, 6) is 0.0284. The molecule has 0 atom stereocenters. The number of carbonyl (C=O) groups excluding carboxylic acids is 1. The Hall–Kier alpha value is -0.780. The third-order valence-corrected chi connectivity index (χ3v) is 4.31. The van der Waals surface area contributed by atoms with Crippen LogP contribution >= 0.6 is 22.6 Å². The van der Waals surface area contributed by atoms with Gasteiger partial charge in [0.05, 0.1) is 3.57 Å². The van der Waals surface area contributed by atoms with Crippen molar-refractivity contribution in [2.45, 2.75) is 46.5 Å². The third kappa shape index (κ3) is 5.69. The van der Waals surface area contributed by atoms with Crippen molar-refractivity contribution in [1.82, 2.24) is 5.32 Å². The summed E-state index contributed by atoms with van der Waals surface area (Å²) in [5, 5.41) is 12.6. The highest BCUT2D eigenvalue weighted by Crippen LogP contribution is 2.23. The van der Waals surface area contributed by atoms with Gasteiger partial charge in [0.25, 0.3) is 5.91 Å². The molecule has 0 aromatic heterocycles. The van der Waals surface area contributed by atoms with Crippen molar-refractivity contribution in [2.24, 2.45) is 5.41 Å². The second-order valence-electron chi connectivity index (χ2n) is 5.97. The number of amides is 1. The van der Waals surface area contributed by atoms with Gasteiger partial charge in [-0.3, -0.25) is 4.79 Å². The van der Waals surface area contributed by atoms with Crippen LogP contribution in [0.1, 0.15) is 56.8 Å². The fourth-order valence-corrected chi connectivity index (χ4v) is 2.35. The Morgan fingerprint density at radius 2 is 2.05 bits per heavy atom. The number of phenolic OH excluding ortho intramolecular Hbond substituents is 1. The first-order valence-electron chi connectivity index (χ1n) is 7.12. The summed E-state index contributed by atoms with van der Waals surface area (Å²) in [6.07, 6.45) is 4.76. The maximum absolute atomic E-state index is 12.1. The lowest BCUT2D eigenvalue weighted by Crippen LogP contribution is -2.34.